The molecule has 2 aromatic carbocycles. The van der Waals surface area contributed by atoms with Crippen LogP contribution >= 0.6 is 0 Å². The summed E-state index contributed by atoms with van der Waals surface area (Å²) in [6, 6.07) is 17.5. The summed E-state index contributed by atoms with van der Waals surface area (Å²) >= 11 is 0. The second-order valence-corrected chi connectivity index (χ2v) is 8.46. The van der Waals surface area contributed by atoms with Crippen molar-refractivity contribution < 1.29 is 19.1 Å². The van der Waals surface area contributed by atoms with E-state index in [1.807, 2.05) is 18.2 Å². The maximum atomic E-state index is 12.6. The first kappa shape index (κ1) is 22.8. The number of nitrogens with zero attached hydrogens (tertiary/aromatic N) is 3. The highest BCUT2D eigenvalue weighted by atomic mass is 16.5. The quantitative estimate of drug-likeness (QED) is 0.692. The first-order valence-corrected chi connectivity index (χ1v) is 11.3. The number of carbonyl (C=O) groups is 3. The predicted octanol–water partition coefficient (Wildman–Crippen LogP) is 1.51. The molecule has 2 aromatic rings. The molecule has 0 saturated carbocycles. The Bertz CT molecular complexity index is 972. The zero-order valence-corrected chi connectivity index (χ0v) is 18.9. The number of amides is 3. The molecule has 0 unspecified atom stereocenters. The normalized spacial score (nSPS) is 18.9. The molecular formula is C25H30N4O4. The molecule has 0 aliphatic carbocycles. The second kappa shape index (κ2) is 10.5. The zero-order valence-electron chi connectivity index (χ0n) is 18.9. The first-order chi connectivity index (χ1) is 16.0. The third kappa shape index (κ3) is 5.70. The van der Waals surface area contributed by atoms with Crippen molar-refractivity contribution in [3.63, 3.8) is 0 Å². The van der Waals surface area contributed by atoms with Crippen LogP contribution in [-0.4, -0.2) is 73.9 Å². The van der Waals surface area contributed by atoms with Gasteiger partial charge in [-0.05, 0) is 29.8 Å². The Morgan fingerprint density at radius 1 is 1.00 bits per heavy atom. The summed E-state index contributed by atoms with van der Waals surface area (Å²) in [7, 11) is 1.59. The van der Waals surface area contributed by atoms with Gasteiger partial charge in [-0.15, -0.1) is 0 Å². The molecule has 1 N–H and O–H groups in total. The number of rotatable bonds is 7. The fourth-order valence-electron chi connectivity index (χ4n) is 4.31. The average Bonchev–Trinajstić information content (AvgIpc) is 3.25. The van der Waals surface area contributed by atoms with Gasteiger partial charge in [0.25, 0.3) is 0 Å². The van der Waals surface area contributed by atoms with Crippen LogP contribution in [0.2, 0.25) is 0 Å². The van der Waals surface area contributed by atoms with Gasteiger partial charge in [-0.3, -0.25) is 19.3 Å². The van der Waals surface area contributed by atoms with Gasteiger partial charge in [-0.2, -0.15) is 0 Å². The maximum absolute atomic E-state index is 12.6. The van der Waals surface area contributed by atoms with Crippen LogP contribution in [0, 0.1) is 5.92 Å². The van der Waals surface area contributed by atoms with Crippen LogP contribution in [0.25, 0.3) is 0 Å². The van der Waals surface area contributed by atoms with Crippen LogP contribution < -0.4 is 15.0 Å². The summed E-state index contributed by atoms with van der Waals surface area (Å²) < 4.78 is 5.15. The Labute approximate surface area is 194 Å². The van der Waals surface area contributed by atoms with E-state index in [1.165, 1.54) is 5.56 Å². The van der Waals surface area contributed by atoms with Gasteiger partial charge in [0.05, 0.1) is 19.6 Å². The summed E-state index contributed by atoms with van der Waals surface area (Å²) in [5.74, 6) is -0.190. The Balaban J connectivity index is 1.21. The van der Waals surface area contributed by atoms with Gasteiger partial charge in [0.15, 0.2) is 0 Å². The number of methoxy groups -OCH3 is 1. The van der Waals surface area contributed by atoms with Gasteiger partial charge in [0.1, 0.15) is 5.75 Å². The van der Waals surface area contributed by atoms with Crippen molar-refractivity contribution in [1.29, 1.82) is 0 Å². The molecule has 2 heterocycles. The van der Waals surface area contributed by atoms with Crippen LogP contribution in [0.3, 0.4) is 0 Å². The number of piperazine rings is 1. The molecule has 4 rings (SSSR count). The molecule has 33 heavy (non-hydrogen) atoms. The van der Waals surface area contributed by atoms with Gasteiger partial charge < -0.3 is 19.9 Å². The summed E-state index contributed by atoms with van der Waals surface area (Å²) in [4.78, 5) is 43.4. The summed E-state index contributed by atoms with van der Waals surface area (Å²) in [5.41, 5.74) is 2.00. The minimum atomic E-state index is -0.463. The van der Waals surface area contributed by atoms with Crippen LogP contribution in [0.5, 0.6) is 5.75 Å². The molecule has 1 atom stereocenters. The van der Waals surface area contributed by atoms with E-state index < -0.39 is 5.92 Å². The second-order valence-electron chi connectivity index (χ2n) is 8.46. The van der Waals surface area contributed by atoms with Gasteiger partial charge in [-0.25, -0.2) is 0 Å². The standard InChI is InChI=1S/C25H30N4O4/c1-33-22-9-7-21(8-10-22)29-18-20(15-23(29)30)25(32)26-16-24(31)28-13-11-27(12-14-28)17-19-5-3-2-4-6-19/h2-10,20H,11-18H2,1H3,(H,26,32)/t20-/m1/s1. The Hall–Kier alpha value is -3.39. The lowest BCUT2D eigenvalue weighted by Gasteiger charge is -2.34. The van der Waals surface area contributed by atoms with Crippen molar-refractivity contribution in [1.82, 2.24) is 15.1 Å². The van der Waals surface area contributed by atoms with Crippen LogP contribution in [0.1, 0.15) is 12.0 Å². The lowest BCUT2D eigenvalue weighted by molar-refractivity contribution is -0.135. The van der Waals surface area contributed by atoms with E-state index in [0.29, 0.717) is 25.4 Å². The minimum absolute atomic E-state index is 0.0370. The molecule has 8 heteroatoms. The number of benzene rings is 2. The van der Waals surface area contributed by atoms with E-state index in [2.05, 4.69) is 22.3 Å². The van der Waals surface area contributed by atoms with Crippen molar-refractivity contribution in [3.8, 4) is 5.75 Å². The highest BCUT2D eigenvalue weighted by molar-refractivity contribution is 6.00. The molecule has 2 aliphatic heterocycles. The summed E-state index contributed by atoms with van der Waals surface area (Å²) in [6.07, 6.45) is 0.143. The van der Waals surface area contributed by atoms with Crippen molar-refractivity contribution in [2.45, 2.75) is 13.0 Å². The molecule has 8 nitrogen and oxygen atoms in total. The molecule has 0 radical (unpaired) electrons. The van der Waals surface area contributed by atoms with Crippen LogP contribution in [-0.2, 0) is 20.9 Å². The third-order valence-electron chi connectivity index (χ3n) is 6.27. The number of anilines is 1. The van der Waals surface area contributed by atoms with Crippen molar-refractivity contribution in [2.75, 3.05) is 51.3 Å². The molecule has 2 fully saturated rings. The number of hydrogen-bond acceptors (Lipinski definition) is 5. The van der Waals surface area contributed by atoms with E-state index in [4.69, 9.17) is 4.74 Å². The molecule has 2 saturated heterocycles. The SMILES string of the molecule is COc1ccc(N2C[C@H](C(=O)NCC(=O)N3CCN(Cc4ccccc4)CC3)CC2=O)cc1. The average molecular weight is 451 g/mol. The zero-order chi connectivity index (χ0) is 23.2. The van der Waals surface area contributed by atoms with Gasteiger partial charge in [-0.1, -0.05) is 30.3 Å². The third-order valence-corrected chi connectivity index (χ3v) is 6.27. The van der Waals surface area contributed by atoms with E-state index in [-0.39, 0.29) is 30.7 Å². The van der Waals surface area contributed by atoms with Crippen LogP contribution in [0.15, 0.2) is 54.6 Å². The highest BCUT2D eigenvalue weighted by Crippen LogP contribution is 2.26. The number of ether oxygens (including phenoxy) is 1. The monoisotopic (exact) mass is 450 g/mol. The molecule has 2 aliphatic rings. The number of nitrogens with one attached hydrogen (secondary N) is 1. The van der Waals surface area contributed by atoms with Crippen molar-refractivity contribution in [2.24, 2.45) is 5.92 Å². The largest absolute Gasteiger partial charge is 0.497 e. The van der Waals surface area contributed by atoms with E-state index in [0.717, 1.165) is 25.3 Å². The molecular weight excluding hydrogens is 420 g/mol. The summed E-state index contributed by atoms with van der Waals surface area (Å²) in [6.45, 7) is 4.06. The predicted molar refractivity (Wildman–Crippen MR) is 125 cm³/mol. The van der Waals surface area contributed by atoms with Crippen molar-refractivity contribution in [3.05, 3.63) is 60.2 Å². The maximum Gasteiger partial charge on any atom is 0.242 e. The molecule has 3 amide bonds. The fraction of sp³-hybridized carbons (Fsp3) is 0.400. The highest BCUT2D eigenvalue weighted by Gasteiger charge is 2.35. The van der Waals surface area contributed by atoms with E-state index in [9.17, 15) is 14.4 Å². The minimum Gasteiger partial charge on any atom is -0.497 e. The molecule has 0 spiro atoms. The first-order valence-electron chi connectivity index (χ1n) is 11.3. The topological polar surface area (TPSA) is 82.2 Å². The van der Waals surface area contributed by atoms with Gasteiger partial charge in [0, 0.05) is 51.4 Å². The molecule has 174 valence electrons. The van der Waals surface area contributed by atoms with Crippen molar-refractivity contribution >= 4 is 23.4 Å². The van der Waals surface area contributed by atoms with Gasteiger partial charge in [0.2, 0.25) is 17.7 Å². The van der Waals surface area contributed by atoms with E-state index >= 15 is 0 Å². The number of hydrogen-bond donors (Lipinski definition) is 1. The summed E-state index contributed by atoms with van der Waals surface area (Å²) in [5, 5.41) is 2.74. The Morgan fingerprint density at radius 2 is 1.70 bits per heavy atom. The lowest BCUT2D eigenvalue weighted by atomic mass is 10.1. The number of carbonyl (C=O) groups excluding carboxylic acids is 3. The fourth-order valence-corrected chi connectivity index (χ4v) is 4.31. The molecule has 0 aromatic heterocycles. The smallest absolute Gasteiger partial charge is 0.242 e. The Kier molecular flexibility index (Phi) is 7.24. The molecule has 0 bridgehead atoms. The van der Waals surface area contributed by atoms with Gasteiger partial charge >= 0.3 is 0 Å². The lowest BCUT2D eigenvalue weighted by Crippen LogP contribution is -2.51. The van der Waals surface area contributed by atoms with E-state index in [1.54, 1.807) is 41.2 Å². The Morgan fingerprint density at radius 3 is 2.36 bits per heavy atom. The van der Waals surface area contributed by atoms with Crippen LogP contribution in [0.4, 0.5) is 5.69 Å².